The van der Waals surface area contributed by atoms with E-state index in [4.69, 9.17) is 0 Å². The van der Waals surface area contributed by atoms with E-state index in [1.807, 2.05) is 24.3 Å². The summed E-state index contributed by atoms with van der Waals surface area (Å²) in [6.07, 6.45) is 7.84. The van der Waals surface area contributed by atoms with Gasteiger partial charge in [-0.25, -0.2) is 9.97 Å². The van der Waals surface area contributed by atoms with Crippen molar-refractivity contribution in [1.29, 1.82) is 0 Å². The number of nitrogens with one attached hydrogen (secondary N) is 1. The molecule has 5 rings (SSSR count). The van der Waals surface area contributed by atoms with Gasteiger partial charge in [-0.1, -0.05) is 22.0 Å². The van der Waals surface area contributed by atoms with Crippen molar-refractivity contribution in [1.82, 2.24) is 14.9 Å². The maximum atomic E-state index is 13.0. The van der Waals surface area contributed by atoms with Crippen LogP contribution < -0.4 is 5.32 Å². The van der Waals surface area contributed by atoms with Crippen LogP contribution in [0.25, 0.3) is 10.2 Å². The Morgan fingerprint density at radius 2 is 2.07 bits per heavy atom. The van der Waals surface area contributed by atoms with Crippen molar-refractivity contribution < 1.29 is 4.79 Å². The Morgan fingerprint density at radius 1 is 1.21 bits per heavy atom. The third-order valence-electron chi connectivity index (χ3n) is 5.95. The molecule has 2 aliphatic rings. The first-order chi connectivity index (χ1) is 14.2. The molecule has 5 nitrogen and oxygen atoms in total. The predicted octanol–water partition coefficient (Wildman–Crippen LogP) is 5.31. The van der Waals surface area contributed by atoms with Crippen molar-refractivity contribution >= 4 is 54.9 Å². The Kier molecular flexibility index (Phi) is 5.26. The first-order valence-electron chi connectivity index (χ1n) is 10.3. The molecule has 1 atom stereocenters. The van der Waals surface area contributed by atoms with Crippen LogP contribution in [0.5, 0.6) is 0 Å². The number of halogens is 1. The van der Waals surface area contributed by atoms with E-state index >= 15 is 0 Å². The van der Waals surface area contributed by atoms with Gasteiger partial charge in [-0.05, 0) is 62.3 Å². The quantitative estimate of drug-likeness (QED) is 0.562. The lowest BCUT2D eigenvalue weighted by Crippen LogP contribution is -2.41. The van der Waals surface area contributed by atoms with Gasteiger partial charge in [-0.3, -0.25) is 4.79 Å². The summed E-state index contributed by atoms with van der Waals surface area (Å²) in [5, 5.41) is 4.58. The topological polar surface area (TPSA) is 58.1 Å². The molecular formula is C22H23BrN4OS. The average molecular weight is 471 g/mol. The normalized spacial score (nSPS) is 19.2. The molecule has 7 heteroatoms. The number of aromatic nitrogens is 2. The molecule has 1 aliphatic carbocycles. The van der Waals surface area contributed by atoms with E-state index in [9.17, 15) is 4.79 Å². The summed E-state index contributed by atoms with van der Waals surface area (Å²) in [5.41, 5.74) is 2.32. The molecule has 1 aromatic carbocycles. The number of amides is 1. The van der Waals surface area contributed by atoms with Gasteiger partial charge in [0.2, 0.25) is 5.91 Å². The third kappa shape index (κ3) is 3.78. The minimum absolute atomic E-state index is 0.114. The summed E-state index contributed by atoms with van der Waals surface area (Å²) < 4.78 is 1.03. The molecular weight excluding hydrogens is 448 g/mol. The maximum Gasteiger partial charge on any atom is 0.226 e. The van der Waals surface area contributed by atoms with Crippen LogP contribution in [0.4, 0.5) is 11.5 Å². The van der Waals surface area contributed by atoms with E-state index in [1.165, 1.54) is 16.9 Å². The molecule has 0 radical (unpaired) electrons. The first-order valence-corrected chi connectivity index (χ1v) is 11.9. The van der Waals surface area contributed by atoms with Crippen LogP contribution in [0.1, 0.15) is 36.1 Å². The molecule has 1 aliphatic heterocycles. The Bertz CT molecular complexity index is 1060. The minimum atomic E-state index is 0.114. The van der Waals surface area contributed by atoms with Crippen molar-refractivity contribution in [2.24, 2.45) is 5.92 Å². The fraction of sp³-hybridized carbons (Fsp3) is 0.409. The monoisotopic (exact) mass is 470 g/mol. The molecule has 1 fully saturated rings. The van der Waals surface area contributed by atoms with Crippen molar-refractivity contribution in [3.8, 4) is 0 Å². The van der Waals surface area contributed by atoms with Gasteiger partial charge < -0.3 is 10.2 Å². The fourth-order valence-corrected chi connectivity index (χ4v) is 6.16. The van der Waals surface area contributed by atoms with Gasteiger partial charge in [0.1, 0.15) is 17.0 Å². The lowest BCUT2D eigenvalue weighted by molar-refractivity contribution is -0.136. The first kappa shape index (κ1) is 19.0. The van der Waals surface area contributed by atoms with E-state index in [-0.39, 0.29) is 5.92 Å². The van der Waals surface area contributed by atoms with Crippen LogP contribution in [0, 0.1) is 5.92 Å². The second-order valence-electron chi connectivity index (χ2n) is 7.87. The summed E-state index contributed by atoms with van der Waals surface area (Å²) in [6, 6.07) is 8.09. The number of carbonyl (C=O) groups excluding carboxylic acids is 1. The van der Waals surface area contributed by atoms with Crippen molar-refractivity contribution in [3.05, 3.63) is 45.5 Å². The largest absolute Gasteiger partial charge is 0.342 e. The Morgan fingerprint density at radius 3 is 2.90 bits per heavy atom. The Balaban J connectivity index is 1.43. The summed E-state index contributed by atoms with van der Waals surface area (Å²) in [6.45, 7) is 1.86. The summed E-state index contributed by atoms with van der Waals surface area (Å²) in [5.74, 6) is 1.32. The van der Waals surface area contributed by atoms with Gasteiger partial charge in [0.05, 0.1) is 5.39 Å². The molecule has 0 spiro atoms. The zero-order valence-corrected chi connectivity index (χ0v) is 18.6. The molecule has 3 aromatic rings. The van der Waals surface area contributed by atoms with Gasteiger partial charge in [-0.2, -0.15) is 0 Å². The molecule has 1 amide bonds. The highest BCUT2D eigenvalue weighted by atomic mass is 79.9. The lowest BCUT2D eigenvalue weighted by atomic mass is 9.86. The number of thiophene rings is 1. The summed E-state index contributed by atoms with van der Waals surface area (Å²) in [7, 11) is 0. The van der Waals surface area contributed by atoms with E-state index < -0.39 is 0 Å². The molecule has 29 heavy (non-hydrogen) atoms. The predicted molar refractivity (Wildman–Crippen MR) is 121 cm³/mol. The van der Waals surface area contributed by atoms with E-state index in [2.05, 4.69) is 36.1 Å². The zero-order chi connectivity index (χ0) is 19.8. The third-order valence-corrected chi connectivity index (χ3v) is 7.61. The van der Waals surface area contributed by atoms with Crippen LogP contribution in [0.2, 0.25) is 0 Å². The van der Waals surface area contributed by atoms with E-state index in [0.29, 0.717) is 5.91 Å². The molecule has 1 unspecified atom stereocenters. The smallest absolute Gasteiger partial charge is 0.226 e. The molecule has 1 saturated heterocycles. The molecule has 1 N–H and O–H groups in total. The number of likely N-dealkylation sites (tertiary alicyclic amines) is 1. The molecule has 150 valence electrons. The number of rotatable bonds is 3. The Labute approximate surface area is 182 Å². The highest BCUT2D eigenvalue weighted by Crippen LogP contribution is 2.41. The number of benzene rings is 1. The highest BCUT2D eigenvalue weighted by Gasteiger charge is 2.32. The van der Waals surface area contributed by atoms with Gasteiger partial charge in [0.25, 0.3) is 0 Å². The van der Waals surface area contributed by atoms with Crippen molar-refractivity contribution in [3.63, 3.8) is 0 Å². The number of nitrogens with zero attached hydrogens (tertiary/aromatic N) is 3. The Hall–Kier alpha value is -1.99. The van der Waals surface area contributed by atoms with Crippen molar-refractivity contribution in [2.45, 2.75) is 38.5 Å². The molecule has 2 aromatic heterocycles. The highest BCUT2D eigenvalue weighted by molar-refractivity contribution is 9.10. The number of piperidine rings is 1. The molecule has 3 heterocycles. The second kappa shape index (κ2) is 8.03. The molecule has 0 bridgehead atoms. The maximum absolute atomic E-state index is 13.0. The van der Waals surface area contributed by atoms with Crippen molar-refractivity contribution in [2.75, 3.05) is 18.4 Å². The van der Waals surface area contributed by atoms with Crippen LogP contribution in [0.15, 0.2) is 35.1 Å². The second-order valence-corrected chi connectivity index (χ2v) is 9.87. The van der Waals surface area contributed by atoms with Gasteiger partial charge in [0, 0.05) is 34.0 Å². The fourth-order valence-electron chi connectivity index (χ4n) is 4.49. The van der Waals surface area contributed by atoms with Gasteiger partial charge in [0.15, 0.2) is 0 Å². The average Bonchev–Trinajstić information content (AvgIpc) is 3.12. The standard InChI is InChI=1S/C22H23BrN4OS/c23-15-5-4-6-16(12-15)26-20-19-17-8-7-14(22(28)27-9-2-1-3-10-27)11-18(17)29-21(19)25-13-24-20/h4-6,12-14H,1-3,7-11H2,(H,24,25,26). The number of hydrogen-bond acceptors (Lipinski definition) is 5. The van der Waals surface area contributed by atoms with E-state index in [1.54, 1.807) is 17.7 Å². The number of anilines is 2. The number of carbonyl (C=O) groups is 1. The van der Waals surface area contributed by atoms with Gasteiger partial charge >= 0.3 is 0 Å². The summed E-state index contributed by atoms with van der Waals surface area (Å²) >= 11 is 5.25. The van der Waals surface area contributed by atoms with Gasteiger partial charge in [-0.15, -0.1) is 11.3 Å². The van der Waals surface area contributed by atoms with Crippen LogP contribution >= 0.6 is 27.3 Å². The van der Waals surface area contributed by atoms with Crippen LogP contribution in [0.3, 0.4) is 0 Å². The SMILES string of the molecule is O=C(C1CCc2c(sc3ncnc(Nc4cccc(Br)c4)c23)C1)N1CCCCC1. The van der Waals surface area contributed by atoms with Crippen LogP contribution in [-0.2, 0) is 17.6 Å². The lowest BCUT2D eigenvalue weighted by Gasteiger charge is -2.32. The summed E-state index contributed by atoms with van der Waals surface area (Å²) in [4.78, 5) is 26.5. The zero-order valence-electron chi connectivity index (χ0n) is 16.2. The van der Waals surface area contributed by atoms with Crippen LogP contribution in [-0.4, -0.2) is 33.9 Å². The number of fused-ring (bicyclic) bond motifs is 3. The minimum Gasteiger partial charge on any atom is -0.342 e. The van der Waals surface area contributed by atoms with E-state index in [0.717, 1.165) is 71.4 Å². The number of aryl methyl sites for hydroxylation is 1. The molecule has 0 saturated carbocycles. The number of hydrogen-bond donors (Lipinski definition) is 1.